The molecule has 0 saturated heterocycles. The summed E-state index contributed by atoms with van der Waals surface area (Å²) >= 11 is 12.3. The highest BCUT2D eigenvalue weighted by molar-refractivity contribution is 6.39. The molecule has 6 heteroatoms. The zero-order valence-electron chi connectivity index (χ0n) is 12.8. The Labute approximate surface area is 141 Å². The number of unbranched alkanes of at least 4 members (excludes halogenated alkanes) is 2. The number of hydrogen-bond acceptors (Lipinski definition) is 4. The van der Waals surface area contributed by atoms with Crippen molar-refractivity contribution in [2.45, 2.75) is 33.1 Å². The summed E-state index contributed by atoms with van der Waals surface area (Å²) in [4.78, 5) is 8.77. The molecule has 1 aromatic carbocycles. The van der Waals surface area contributed by atoms with E-state index in [9.17, 15) is 0 Å². The van der Waals surface area contributed by atoms with Crippen LogP contribution in [0, 0.1) is 6.92 Å². The number of aromatic nitrogens is 2. The third kappa shape index (κ3) is 4.75. The van der Waals surface area contributed by atoms with E-state index in [1.165, 1.54) is 12.8 Å². The van der Waals surface area contributed by atoms with E-state index in [4.69, 9.17) is 23.2 Å². The van der Waals surface area contributed by atoms with Crippen molar-refractivity contribution < 1.29 is 0 Å². The number of hydrogen-bond donors (Lipinski definition) is 2. The van der Waals surface area contributed by atoms with Gasteiger partial charge in [-0.05, 0) is 25.5 Å². The van der Waals surface area contributed by atoms with Crippen LogP contribution in [0.15, 0.2) is 24.3 Å². The molecule has 0 aliphatic carbocycles. The van der Waals surface area contributed by atoms with Gasteiger partial charge in [-0.1, -0.05) is 49.0 Å². The predicted molar refractivity (Wildman–Crippen MR) is 94.5 cm³/mol. The molecule has 0 fully saturated rings. The van der Waals surface area contributed by atoms with Gasteiger partial charge in [0.1, 0.15) is 17.5 Å². The number of aryl methyl sites for hydroxylation is 1. The first kappa shape index (κ1) is 16.8. The lowest BCUT2D eigenvalue weighted by Crippen LogP contribution is -2.06. The molecular weight excluding hydrogens is 319 g/mol. The van der Waals surface area contributed by atoms with E-state index in [0.717, 1.165) is 18.8 Å². The van der Waals surface area contributed by atoms with Crippen molar-refractivity contribution in [3.8, 4) is 0 Å². The van der Waals surface area contributed by atoms with Gasteiger partial charge in [-0.2, -0.15) is 0 Å². The second kappa shape index (κ2) is 8.20. The Morgan fingerprint density at radius 1 is 1.05 bits per heavy atom. The topological polar surface area (TPSA) is 49.8 Å². The number of nitrogens with zero attached hydrogens (tertiary/aromatic N) is 2. The zero-order valence-corrected chi connectivity index (χ0v) is 14.3. The second-order valence-corrected chi connectivity index (χ2v) is 5.86. The Morgan fingerprint density at radius 3 is 2.41 bits per heavy atom. The van der Waals surface area contributed by atoms with Gasteiger partial charge in [0.2, 0.25) is 0 Å². The minimum atomic E-state index is 0.557. The Kier molecular flexibility index (Phi) is 6.28. The lowest BCUT2D eigenvalue weighted by molar-refractivity contribution is 0.742. The summed E-state index contributed by atoms with van der Waals surface area (Å²) < 4.78 is 0. The fraction of sp³-hybridized carbons (Fsp3) is 0.375. The van der Waals surface area contributed by atoms with Gasteiger partial charge in [-0.15, -0.1) is 0 Å². The van der Waals surface area contributed by atoms with E-state index < -0.39 is 0 Å². The smallest absolute Gasteiger partial charge is 0.136 e. The molecular formula is C16H20Cl2N4. The molecule has 2 rings (SSSR count). The van der Waals surface area contributed by atoms with Crippen LogP contribution in [-0.4, -0.2) is 16.5 Å². The van der Waals surface area contributed by atoms with Crippen LogP contribution in [0.25, 0.3) is 0 Å². The van der Waals surface area contributed by atoms with Crippen LogP contribution >= 0.6 is 23.2 Å². The normalized spacial score (nSPS) is 10.5. The molecule has 2 aromatic rings. The zero-order chi connectivity index (χ0) is 15.9. The molecule has 0 atom stereocenters. The summed E-state index contributed by atoms with van der Waals surface area (Å²) in [5, 5.41) is 7.60. The largest absolute Gasteiger partial charge is 0.370 e. The second-order valence-electron chi connectivity index (χ2n) is 5.04. The molecule has 0 saturated carbocycles. The van der Waals surface area contributed by atoms with E-state index in [1.807, 2.05) is 19.1 Å². The van der Waals surface area contributed by atoms with E-state index in [-0.39, 0.29) is 0 Å². The highest BCUT2D eigenvalue weighted by Gasteiger charge is 2.08. The number of para-hydroxylation sites is 1. The van der Waals surface area contributed by atoms with Crippen LogP contribution in [0.3, 0.4) is 0 Å². The lowest BCUT2D eigenvalue weighted by Gasteiger charge is -2.12. The van der Waals surface area contributed by atoms with E-state index in [0.29, 0.717) is 27.4 Å². The summed E-state index contributed by atoms with van der Waals surface area (Å²) in [7, 11) is 0. The molecule has 22 heavy (non-hydrogen) atoms. The minimum absolute atomic E-state index is 0.557. The summed E-state index contributed by atoms with van der Waals surface area (Å²) in [6.45, 7) is 4.94. The summed E-state index contributed by atoms with van der Waals surface area (Å²) in [5.74, 6) is 2.15. The molecule has 1 aromatic heterocycles. The van der Waals surface area contributed by atoms with Crippen LogP contribution in [0.4, 0.5) is 17.3 Å². The van der Waals surface area contributed by atoms with Crippen LogP contribution in [0.2, 0.25) is 10.0 Å². The van der Waals surface area contributed by atoms with Crippen LogP contribution in [-0.2, 0) is 0 Å². The molecule has 0 aliphatic rings. The van der Waals surface area contributed by atoms with Crippen molar-refractivity contribution in [3.05, 3.63) is 40.1 Å². The standard InChI is InChI=1S/C16H20Cl2N4/c1-3-4-5-9-19-14-10-15(21-11(2)20-14)22-16-12(17)7-6-8-13(16)18/h6-8,10H,3-5,9H2,1-2H3,(H2,19,20,21,22). The Bertz CT molecular complexity index is 611. The Morgan fingerprint density at radius 2 is 1.73 bits per heavy atom. The van der Waals surface area contributed by atoms with Gasteiger partial charge in [-0.25, -0.2) is 9.97 Å². The average Bonchev–Trinajstić information content (AvgIpc) is 2.47. The molecule has 4 nitrogen and oxygen atoms in total. The van der Waals surface area contributed by atoms with Crippen molar-refractivity contribution >= 4 is 40.5 Å². The first-order valence-corrected chi connectivity index (χ1v) is 8.16. The quantitative estimate of drug-likeness (QED) is 0.660. The van der Waals surface area contributed by atoms with Crippen LogP contribution in [0.5, 0.6) is 0 Å². The summed E-state index contributed by atoms with van der Waals surface area (Å²) in [6, 6.07) is 7.24. The number of rotatable bonds is 7. The molecule has 2 N–H and O–H groups in total. The molecule has 118 valence electrons. The number of nitrogens with one attached hydrogen (secondary N) is 2. The highest BCUT2D eigenvalue weighted by atomic mass is 35.5. The van der Waals surface area contributed by atoms with Crippen molar-refractivity contribution in [3.63, 3.8) is 0 Å². The van der Waals surface area contributed by atoms with Gasteiger partial charge < -0.3 is 10.6 Å². The van der Waals surface area contributed by atoms with Gasteiger partial charge in [0.15, 0.2) is 0 Å². The molecule has 0 amide bonds. The van der Waals surface area contributed by atoms with Crippen molar-refractivity contribution in [1.29, 1.82) is 0 Å². The third-order valence-corrected chi connectivity index (χ3v) is 3.77. The highest BCUT2D eigenvalue weighted by Crippen LogP contribution is 2.32. The van der Waals surface area contributed by atoms with Gasteiger partial charge in [0.05, 0.1) is 15.7 Å². The maximum Gasteiger partial charge on any atom is 0.136 e. The van der Waals surface area contributed by atoms with Gasteiger partial charge >= 0.3 is 0 Å². The lowest BCUT2D eigenvalue weighted by atomic mass is 10.2. The van der Waals surface area contributed by atoms with Crippen molar-refractivity contribution in [2.75, 3.05) is 17.2 Å². The third-order valence-electron chi connectivity index (χ3n) is 3.14. The number of benzene rings is 1. The fourth-order valence-electron chi connectivity index (χ4n) is 2.06. The maximum atomic E-state index is 6.17. The SMILES string of the molecule is CCCCCNc1cc(Nc2c(Cl)cccc2Cl)nc(C)n1. The molecule has 1 heterocycles. The fourth-order valence-corrected chi connectivity index (χ4v) is 2.55. The summed E-state index contributed by atoms with van der Waals surface area (Å²) in [5.41, 5.74) is 0.654. The summed E-state index contributed by atoms with van der Waals surface area (Å²) in [6.07, 6.45) is 3.53. The van der Waals surface area contributed by atoms with E-state index in [2.05, 4.69) is 27.5 Å². The van der Waals surface area contributed by atoms with Crippen molar-refractivity contribution in [2.24, 2.45) is 0 Å². The predicted octanol–water partition coefficient (Wildman–Crippen LogP) is 5.44. The first-order chi connectivity index (χ1) is 10.6. The molecule has 0 radical (unpaired) electrons. The van der Waals surface area contributed by atoms with Gasteiger partial charge in [-0.3, -0.25) is 0 Å². The Hall–Kier alpha value is -1.52. The van der Waals surface area contributed by atoms with E-state index >= 15 is 0 Å². The van der Waals surface area contributed by atoms with Crippen LogP contribution < -0.4 is 10.6 Å². The minimum Gasteiger partial charge on any atom is -0.370 e. The van der Waals surface area contributed by atoms with E-state index in [1.54, 1.807) is 12.1 Å². The monoisotopic (exact) mass is 338 g/mol. The Balaban J connectivity index is 2.12. The molecule has 0 aliphatic heterocycles. The van der Waals surface area contributed by atoms with Gasteiger partial charge in [0, 0.05) is 12.6 Å². The molecule has 0 spiro atoms. The van der Waals surface area contributed by atoms with Crippen molar-refractivity contribution in [1.82, 2.24) is 9.97 Å². The first-order valence-electron chi connectivity index (χ1n) is 7.40. The van der Waals surface area contributed by atoms with Gasteiger partial charge in [0.25, 0.3) is 0 Å². The maximum absolute atomic E-state index is 6.17. The number of anilines is 3. The molecule has 0 unspecified atom stereocenters. The molecule has 0 bridgehead atoms. The van der Waals surface area contributed by atoms with Crippen LogP contribution in [0.1, 0.15) is 32.0 Å². The number of halogens is 2. The average molecular weight is 339 g/mol.